The highest BCUT2D eigenvalue weighted by Crippen LogP contribution is 2.30. The molecule has 9 heavy (non-hydrogen) atoms. The fourth-order valence-corrected chi connectivity index (χ4v) is 1.14. The summed E-state index contributed by atoms with van der Waals surface area (Å²) in [4.78, 5) is 0. The SMILES string of the molecule is CC=CCC1CCC1O. The third-order valence-electron chi connectivity index (χ3n) is 2.05. The third-order valence-corrected chi connectivity index (χ3v) is 2.05. The maximum absolute atomic E-state index is 9.10. The van der Waals surface area contributed by atoms with Crippen molar-refractivity contribution in [2.45, 2.75) is 32.3 Å². The van der Waals surface area contributed by atoms with Crippen LogP contribution in [0.4, 0.5) is 0 Å². The minimum absolute atomic E-state index is 0.00111. The van der Waals surface area contributed by atoms with E-state index in [9.17, 15) is 0 Å². The highest BCUT2D eigenvalue weighted by Gasteiger charge is 2.26. The molecule has 0 radical (unpaired) electrons. The molecule has 0 aromatic heterocycles. The van der Waals surface area contributed by atoms with Gasteiger partial charge in [0.1, 0.15) is 0 Å². The molecule has 52 valence electrons. The summed E-state index contributed by atoms with van der Waals surface area (Å²) < 4.78 is 0. The Hall–Kier alpha value is -0.300. The van der Waals surface area contributed by atoms with E-state index in [0.717, 1.165) is 12.8 Å². The van der Waals surface area contributed by atoms with Crippen molar-refractivity contribution in [3.05, 3.63) is 12.2 Å². The summed E-state index contributed by atoms with van der Waals surface area (Å²) in [5, 5.41) is 9.10. The molecule has 0 aromatic carbocycles. The summed E-state index contributed by atoms with van der Waals surface area (Å²) >= 11 is 0. The molecule has 1 nitrogen and oxygen atoms in total. The van der Waals surface area contributed by atoms with E-state index in [4.69, 9.17) is 5.11 Å². The van der Waals surface area contributed by atoms with E-state index in [2.05, 4.69) is 6.08 Å². The molecule has 1 fully saturated rings. The molecule has 1 N–H and O–H groups in total. The van der Waals surface area contributed by atoms with Gasteiger partial charge in [0, 0.05) is 0 Å². The number of hydrogen-bond acceptors (Lipinski definition) is 1. The first-order valence-electron chi connectivity index (χ1n) is 3.64. The first-order chi connectivity index (χ1) is 4.34. The van der Waals surface area contributed by atoms with Crippen molar-refractivity contribution in [1.82, 2.24) is 0 Å². The van der Waals surface area contributed by atoms with Crippen LogP contribution in [-0.4, -0.2) is 11.2 Å². The van der Waals surface area contributed by atoms with Gasteiger partial charge in [0.05, 0.1) is 6.10 Å². The fraction of sp³-hybridized carbons (Fsp3) is 0.750. The number of aliphatic hydroxyl groups is 1. The molecule has 0 amide bonds. The van der Waals surface area contributed by atoms with Crippen LogP contribution in [0.25, 0.3) is 0 Å². The Balaban J connectivity index is 2.13. The van der Waals surface area contributed by atoms with Gasteiger partial charge in [0.15, 0.2) is 0 Å². The van der Waals surface area contributed by atoms with Gasteiger partial charge >= 0.3 is 0 Å². The highest BCUT2D eigenvalue weighted by molar-refractivity contribution is 4.88. The largest absolute Gasteiger partial charge is 0.393 e. The second-order valence-corrected chi connectivity index (χ2v) is 2.71. The van der Waals surface area contributed by atoms with Crippen LogP contribution in [-0.2, 0) is 0 Å². The van der Waals surface area contributed by atoms with Crippen molar-refractivity contribution < 1.29 is 5.11 Å². The van der Waals surface area contributed by atoms with Crippen molar-refractivity contribution in [3.63, 3.8) is 0 Å². The highest BCUT2D eigenvalue weighted by atomic mass is 16.3. The second kappa shape index (κ2) is 3.02. The first-order valence-corrected chi connectivity index (χ1v) is 3.64. The van der Waals surface area contributed by atoms with Gasteiger partial charge in [-0.2, -0.15) is 0 Å². The molecule has 1 aliphatic rings. The average molecular weight is 126 g/mol. The molecule has 2 atom stereocenters. The molecule has 0 aromatic rings. The topological polar surface area (TPSA) is 20.2 Å². The van der Waals surface area contributed by atoms with Crippen molar-refractivity contribution in [2.24, 2.45) is 5.92 Å². The second-order valence-electron chi connectivity index (χ2n) is 2.71. The molecule has 0 bridgehead atoms. The van der Waals surface area contributed by atoms with E-state index in [1.54, 1.807) is 0 Å². The van der Waals surface area contributed by atoms with Crippen LogP contribution >= 0.6 is 0 Å². The summed E-state index contributed by atoms with van der Waals surface area (Å²) in [6, 6.07) is 0. The third kappa shape index (κ3) is 1.55. The van der Waals surface area contributed by atoms with Crippen molar-refractivity contribution in [3.8, 4) is 0 Å². The molecule has 1 saturated carbocycles. The predicted octanol–water partition coefficient (Wildman–Crippen LogP) is 1.72. The Bertz CT molecular complexity index is 107. The first kappa shape index (κ1) is 6.81. The summed E-state index contributed by atoms with van der Waals surface area (Å²) in [5.74, 6) is 0.571. The van der Waals surface area contributed by atoms with Crippen LogP contribution in [0.2, 0.25) is 0 Å². The zero-order chi connectivity index (χ0) is 6.69. The lowest BCUT2D eigenvalue weighted by atomic mass is 9.80. The van der Waals surface area contributed by atoms with Crippen molar-refractivity contribution >= 4 is 0 Å². The fourth-order valence-electron chi connectivity index (χ4n) is 1.14. The summed E-state index contributed by atoms with van der Waals surface area (Å²) in [7, 11) is 0. The van der Waals surface area contributed by atoms with Gasteiger partial charge in [0.2, 0.25) is 0 Å². The lowest BCUT2D eigenvalue weighted by Crippen LogP contribution is -2.30. The van der Waals surface area contributed by atoms with Crippen LogP contribution in [0.1, 0.15) is 26.2 Å². The van der Waals surface area contributed by atoms with Gasteiger partial charge in [-0.05, 0) is 32.1 Å². The molecule has 0 heterocycles. The molecular formula is C8H14O. The molecule has 2 unspecified atom stereocenters. The lowest BCUT2D eigenvalue weighted by Gasteiger charge is -2.31. The number of hydrogen-bond donors (Lipinski definition) is 1. The zero-order valence-electron chi connectivity index (χ0n) is 5.88. The van der Waals surface area contributed by atoms with E-state index in [-0.39, 0.29) is 6.10 Å². The standard InChI is InChI=1S/C8H14O/c1-2-3-4-7-5-6-8(7)9/h2-3,7-9H,4-6H2,1H3. The van der Waals surface area contributed by atoms with E-state index in [1.165, 1.54) is 6.42 Å². The van der Waals surface area contributed by atoms with Gasteiger partial charge < -0.3 is 5.11 Å². The smallest absolute Gasteiger partial charge is 0.0571 e. The lowest BCUT2D eigenvalue weighted by molar-refractivity contribution is 0.0259. The molecule has 1 heteroatoms. The number of allylic oxidation sites excluding steroid dienone is 2. The van der Waals surface area contributed by atoms with Gasteiger partial charge in [-0.3, -0.25) is 0 Å². The van der Waals surface area contributed by atoms with E-state index in [1.807, 2.05) is 13.0 Å². The Morgan fingerprint density at radius 1 is 1.56 bits per heavy atom. The van der Waals surface area contributed by atoms with Crippen LogP contribution in [0, 0.1) is 5.92 Å². The van der Waals surface area contributed by atoms with Crippen LogP contribution < -0.4 is 0 Å². The minimum atomic E-state index is 0.00111. The minimum Gasteiger partial charge on any atom is -0.393 e. The van der Waals surface area contributed by atoms with E-state index >= 15 is 0 Å². The average Bonchev–Trinajstić information content (AvgIpc) is 1.86. The molecular weight excluding hydrogens is 112 g/mol. The molecule has 1 aliphatic carbocycles. The van der Waals surface area contributed by atoms with Crippen LogP contribution in [0.15, 0.2) is 12.2 Å². The van der Waals surface area contributed by atoms with Crippen LogP contribution in [0.3, 0.4) is 0 Å². The summed E-state index contributed by atoms with van der Waals surface area (Å²) in [6.07, 6.45) is 7.48. The van der Waals surface area contributed by atoms with Gasteiger partial charge in [0.25, 0.3) is 0 Å². The maximum atomic E-state index is 9.10. The van der Waals surface area contributed by atoms with Gasteiger partial charge in [-0.15, -0.1) is 0 Å². The predicted molar refractivity (Wildman–Crippen MR) is 38.2 cm³/mol. The monoisotopic (exact) mass is 126 g/mol. The maximum Gasteiger partial charge on any atom is 0.0571 e. The normalized spacial score (nSPS) is 34.9. The van der Waals surface area contributed by atoms with Crippen LogP contribution in [0.5, 0.6) is 0 Å². The Labute approximate surface area is 56.4 Å². The zero-order valence-corrected chi connectivity index (χ0v) is 5.88. The van der Waals surface area contributed by atoms with Crippen molar-refractivity contribution in [1.29, 1.82) is 0 Å². The Kier molecular flexibility index (Phi) is 2.29. The summed E-state index contributed by atoms with van der Waals surface area (Å²) in [5.41, 5.74) is 0. The van der Waals surface area contributed by atoms with E-state index in [0.29, 0.717) is 5.92 Å². The van der Waals surface area contributed by atoms with Gasteiger partial charge in [-0.1, -0.05) is 12.2 Å². The molecule has 1 rings (SSSR count). The Morgan fingerprint density at radius 3 is 2.67 bits per heavy atom. The molecule has 0 spiro atoms. The van der Waals surface area contributed by atoms with E-state index < -0.39 is 0 Å². The number of rotatable bonds is 2. The molecule has 0 aliphatic heterocycles. The van der Waals surface area contributed by atoms with Gasteiger partial charge in [-0.25, -0.2) is 0 Å². The summed E-state index contributed by atoms with van der Waals surface area (Å²) in [6.45, 7) is 2.02. The Morgan fingerprint density at radius 2 is 2.33 bits per heavy atom. The molecule has 0 saturated heterocycles. The quantitative estimate of drug-likeness (QED) is 0.558. The van der Waals surface area contributed by atoms with Crippen molar-refractivity contribution in [2.75, 3.05) is 0 Å². The number of aliphatic hydroxyl groups excluding tert-OH is 1.